The molecule has 2 heterocycles. The Morgan fingerprint density at radius 3 is 2.71 bits per heavy atom. The van der Waals surface area contributed by atoms with Crippen molar-refractivity contribution in [1.82, 2.24) is 30.1 Å². The van der Waals surface area contributed by atoms with Crippen LogP contribution in [0.3, 0.4) is 0 Å². The molecule has 1 fully saturated rings. The first kappa shape index (κ1) is 15.9. The van der Waals surface area contributed by atoms with Gasteiger partial charge in [-0.3, -0.25) is 4.79 Å². The fraction of sp³-hybridized carbons (Fsp3) is 0.786. The van der Waals surface area contributed by atoms with E-state index < -0.39 is 0 Å². The smallest absolute Gasteiger partial charge is 0.275 e. The maximum absolute atomic E-state index is 12.3. The van der Waals surface area contributed by atoms with E-state index in [1.165, 1.54) is 0 Å². The molecule has 1 aromatic rings. The molecule has 1 aromatic heterocycles. The van der Waals surface area contributed by atoms with Crippen molar-refractivity contribution in [3.05, 3.63) is 11.9 Å². The minimum absolute atomic E-state index is 0.0473. The summed E-state index contributed by atoms with van der Waals surface area (Å²) >= 11 is 0. The van der Waals surface area contributed by atoms with E-state index >= 15 is 0 Å². The van der Waals surface area contributed by atoms with Gasteiger partial charge in [0.05, 0.1) is 12.2 Å². The summed E-state index contributed by atoms with van der Waals surface area (Å²) in [6.07, 6.45) is 4.82. The third kappa shape index (κ3) is 4.50. The van der Waals surface area contributed by atoms with Crippen LogP contribution in [0, 0.1) is 0 Å². The molecule has 0 bridgehead atoms. The maximum atomic E-state index is 12.3. The van der Waals surface area contributed by atoms with Gasteiger partial charge < -0.3 is 15.1 Å². The van der Waals surface area contributed by atoms with Crippen LogP contribution in [0.4, 0.5) is 0 Å². The highest BCUT2D eigenvalue weighted by Gasteiger charge is 2.20. The lowest BCUT2D eigenvalue weighted by Gasteiger charge is -2.22. The van der Waals surface area contributed by atoms with Gasteiger partial charge in [0.2, 0.25) is 0 Å². The van der Waals surface area contributed by atoms with Crippen LogP contribution in [0.5, 0.6) is 0 Å². The molecule has 1 aliphatic rings. The maximum Gasteiger partial charge on any atom is 0.275 e. The quantitative estimate of drug-likeness (QED) is 0.813. The summed E-state index contributed by atoms with van der Waals surface area (Å²) in [5.41, 5.74) is 0.445. The van der Waals surface area contributed by atoms with Crippen LogP contribution < -0.4 is 5.32 Å². The molecule has 0 radical (unpaired) electrons. The molecule has 1 saturated heterocycles. The van der Waals surface area contributed by atoms with E-state index in [0.29, 0.717) is 11.7 Å². The van der Waals surface area contributed by atoms with Crippen LogP contribution in [0.15, 0.2) is 6.20 Å². The zero-order valence-electron chi connectivity index (χ0n) is 13.2. The highest BCUT2D eigenvalue weighted by molar-refractivity contribution is 5.91. The van der Waals surface area contributed by atoms with Gasteiger partial charge in [0, 0.05) is 13.6 Å². The monoisotopic (exact) mass is 294 g/mol. The third-order valence-electron chi connectivity index (χ3n) is 3.86. The van der Waals surface area contributed by atoms with Gasteiger partial charge in [0.15, 0.2) is 5.69 Å². The Morgan fingerprint density at radius 2 is 2.05 bits per heavy atom. The van der Waals surface area contributed by atoms with Crippen molar-refractivity contribution in [3.63, 3.8) is 0 Å². The van der Waals surface area contributed by atoms with Crippen LogP contribution in [0.25, 0.3) is 0 Å². The zero-order valence-corrected chi connectivity index (χ0v) is 13.2. The number of amides is 1. The molecular formula is C14H26N6O. The van der Waals surface area contributed by atoms with Gasteiger partial charge in [-0.05, 0) is 53.0 Å². The van der Waals surface area contributed by atoms with Crippen molar-refractivity contribution in [3.8, 4) is 0 Å². The zero-order chi connectivity index (χ0) is 15.2. The number of nitrogens with one attached hydrogen (secondary N) is 1. The van der Waals surface area contributed by atoms with Gasteiger partial charge in [0.25, 0.3) is 5.91 Å². The van der Waals surface area contributed by atoms with E-state index in [9.17, 15) is 4.79 Å². The normalized spacial score (nSPS) is 16.4. The van der Waals surface area contributed by atoms with Crippen molar-refractivity contribution < 1.29 is 4.79 Å². The lowest BCUT2D eigenvalue weighted by Crippen LogP contribution is -2.30. The Kier molecular flexibility index (Phi) is 5.69. The Balaban J connectivity index is 1.88. The van der Waals surface area contributed by atoms with E-state index in [-0.39, 0.29) is 5.91 Å². The van der Waals surface area contributed by atoms with Gasteiger partial charge in [-0.25, -0.2) is 4.68 Å². The number of piperidine rings is 1. The van der Waals surface area contributed by atoms with Crippen LogP contribution in [0.1, 0.15) is 35.8 Å². The molecular weight excluding hydrogens is 268 g/mol. The van der Waals surface area contributed by atoms with Crippen LogP contribution in [-0.4, -0.2) is 78.0 Å². The van der Waals surface area contributed by atoms with E-state index in [1.807, 2.05) is 25.8 Å². The fourth-order valence-corrected chi connectivity index (χ4v) is 2.55. The summed E-state index contributed by atoms with van der Waals surface area (Å²) in [7, 11) is 5.89. The van der Waals surface area contributed by atoms with Crippen LogP contribution >= 0.6 is 0 Å². The summed E-state index contributed by atoms with van der Waals surface area (Å²) < 4.78 is 1.85. The first-order chi connectivity index (χ1) is 10.1. The SMILES string of the molecule is CN(C)CCCN(C)C(=O)c1cn(C2CCNCC2)nn1. The molecule has 2 rings (SSSR count). The number of carbonyl (C=O) groups excluding carboxylic acids is 1. The van der Waals surface area contributed by atoms with Crippen LogP contribution in [0.2, 0.25) is 0 Å². The molecule has 1 amide bonds. The molecule has 1 aliphatic heterocycles. The van der Waals surface area contributed by atoms with E-state index in [4.69, 9.17) is 0 Å². The average molecular weight is 294 g/mol. The highest BCUT2D eigenvalue weighted by Crippen LogP contribution is 2.17. The van der Waals surface area contributed by atoms with E-state index in [2.05, 4.69) is 20.5 Å². The molecule has 7 heteroatoms. The molecule has 7 nitrogen and oxygen atoms in total. The molecule has 1 N–H and O–H groups in total. The molecule has 0 atom stereocenters. The minimum atomic E-state index is -0.0473. The Labute approximate surface area is 126 Å². The van der Waals surface area contributed by atoms with Gasteiger partial charge in [-0.2, -0.15) is 0 Å². The predicted molar refractivity (Wildman–Crippen MR) is 81.3 cm³/mol. The predicted octanol–water partition coefficient (Wildman–Crippen LogP) is 0.226. The molecule has 0 spiro atoms. The highest BCUT2D eigenvalue weighted by atomic mass is 16.2. The lowest BCUT2D eigenvalue weighted by molar-refractivity contribution is 0.0784. The number of rotatable bonds is 6. The Morgan fingerprint density at radius 1 is 1.33 bits per heavy atom. The van der Waals surface area contributed by atoms with Crippen molar-refractivity contribution in [2.45, 2.75) is 25.3 Å². The van der Waals surface area contributed by atoms with Crippen LogP contribution in [-0.2, 0) is 0 Å². The first-order valence-corrected chi connectivity index (χ1v) is 7.60. The molecule has 0 saturated carbocycles. The average Bonchev–Trinajstić information content (AvgIpc) is 2.96. The largest absolute Gasteiger partial charge is 0.340 e. The molecule has 0 aliphatic carbocycles. The van der Waals surface area contributed by atoms with E-state index in [1.54, 1.807) is 11.1 Å². The van der Waals surface area contributed by atoms with Gasteiger partial charge in [0.1, 0.15) is 0 Å². The first-order valence-electron chi connectivity index (χ1n) is 7.60. The standard InChI is InChI=1S/C14H26N6O/c1-18(2)9-4-10-19(3)14(21)13-11-20(17-16-13)12-5-7-15-8-6-12/h11-12,15H,4-10H2,1-3H3. The molecule has 21 heavy (non-hydrogen) atoms. The summed E-state index contributed by atoms with van der Waals surface area (Å²) in [6, 6.07) is 0.361. The third-order valence-corrected chi connectivity index (χ3v) is 3.86. The van der Waals surface area contributed by atoms with Crippen molar-refractivity contribution in [2.75, 3.05) is 47.3 Å². The van der Waals surface area contributed by atoms with E-state index in [0.717, 1.165) is 45.4 Å². The molecule has 0 unspecified atom stereocenters. The second kappa shape index (κ2) is 7.51. The Bertz CT molecular complexity index is 452. The summed E-state index contributed by atoms with van der Waals surface area (Å²) in [5.74, 6) is -0.0473. The van der Waals surface area contributed by atoms with Gasteiger partial charge in [-0.1, -0.05) is 5.21 Å². The van der Waals surface area contributed by atoms with Crippen molar-refractivity contribution in [1.29, 1.82) is 0 Å². The fourth-order valence-electron chi connectivity index (χ4n) is 2.55. The second-order valence-corrected chi connectivity index (χ2v) is 5.95. The summed E-state index contributed by atoms with van der Waals surface area (Å²) in [4.78, 5) is 16.1. The Hall–Kier alpha value is -1.47. The van der Waals surface area contributed by atoms with Crippen molar-refractivity contribution >= 4 is 5.91 Å². The molecule has 118 valence electrons. The number of hydrogen-bond donors (Lipinski definition) is 1. The number of aromatic nitrogens is 3. The van der Waals surface area contributed by atoms with Gasteiger partial charge in [-0.15, -0.1) is 5.10 Å². The number of hydrogen-bond acceptors (Lipinski definition) is 5. The lowest BCUT2D eigenvalue weighted by atomic mass is 10.1. The number of carbonyl (C=O) groups is 1. The van der Waals surface area contributed by atoms with Gasteiger partial charge >= 0.3 is 0 Å². The van der Waals surface area contributed by atoms with Crippen molar-refractivity contribution in [2.24, 2.45) is 0 Å². The molecule has 0 aromatic carbocycles. The second-order valence-electron chi connectivity index (χ2n) is 5.95. The minimum Gasteiger partial charge on any atom is -0.340 e. The topological polar surface area (TPSA) is 66.3 Å². The summed E-state index contributed by atoms with van der Waals surface area (Å²) in [6.45, 7) is 3.70. The number of nitrogens with zero attached hydrogens (tertiary/aromatic N) is 5. The summed E-state index contributed by atoms with van der Waals surface area (Å²) in [5, 5.41) is 11.5.